The van der Waals surface area contributed by atoms with Gasteiger partial charge in [-0.2, -0.15) is 0 Å². The molecule has 7 rings (SSSR count). The number of aromatic nitrogens is 2. The molecule has 2 fully saturated rings. The number of pyridine rings is 1. The lowest BCUT2D eigenvalue weighted by Crippen LogP contribution is -2.45. The average molecular weight is 603 g/mol. The highest BCUT2D eigenvalue weighted by Crippen LogP contribution is 2.42. The van der Waals surface area contributed by atoms with E-state index < -0.39 is 5.41 Å². The van der Waals surface area contributed by atoms with Crippen molar-refractivity contribution in [2.75, 3.05) is 6.54 Å². The Labute approximate surface area is 264 Å². The summed E-state index contributed by atoms with van der Waals surface area (Å²) in [4.78, 5) is 25.8. The van der Waals surface area contributed by atoms with Crippen molar-refractivity contribution in [1.29, 1.82) is 0 Å². The van der Waals surface area contributed by atoms with Crippen LogP contribution < -0.4 is 5.32 Å². The quantitative estimate of drug-likeness (QED) is 0.179. The maximum absolute atomic E-state index is 14.0. The number of carbonyl (C=O) groups is 1. The topological polar surface area (TPSA) is 61.0 Å². The van der Waals surface area contributed by atoms with E-state index in [1.54, 1.807) is 11.3 Å². The fraction of sp³-hybridized carbons (Fsp3) is 0.368. The minimum Gasteiger partial charge on any atom is -0.354 e. The smallest absolute Gasteiger partial charge is 0.233 e. The summed E-state index contributed by atoms with van der Waals surface area (Å²) in [5.74, 6) is 0.283. The zero-order valence-electron chi connectivity index (χ0n) is 26.2. The van der Waals surface area contributed by atoms with Crippen LogP contribution in [0.25, 0.3) is 22.2 Å². The Morgan fingerprint density at radius 2 is 1.77 bits per heavy atom. The molecule has 0 radical (unpaired) electrons. The third-order valence-corrected chi connectivity index (χ3v) is 10.9. The molecule has 5 nitrogen and oxygen atoms in total. The number of nitrogens with one attached hydrogen (secondary N) is 2. The van der Waals surface area contributed by atoms with Gasteiger partial charge in [0.05, 0.1) is 11.5 Å². The van der Waals surface area contributed by atoms with Crippen LogP contribution >= 0.6 is 11.3 Å². The van der Waals surface area contributed by atoms with Crippen molar-refractivity contribution in [2.45, 2.75) is 83.3 Å². The molecule has 2 aromatic carbocycles. The number of amides is 1. The number of aryl methyl sites for hydroxylation is 2. The highest BCUT2D eigenvalue weighted by molar-refractivity contribution is 7.10. The molecule has 1 atom stereocenters. The van der Waals surface area contributed by atoms with E-state index in [1.807, 2.05) is 18.5 Å². The molecule has 2 saturated heterocycles. The number of benzene rings is 2. The van der Waals surface area contributed by atoms with Gasteiger partial charge in [-0.1, -0.05) is 35.4 Å². The van der Waals surface area contributed by atoms with Crippen molar-refractivity contribution < 1.29 is 4.79 Å². The minimum absolute atomic E-state index is 0.0847. The normalized spacial score (nSPS) is 18.8. The van der Waals surface area contributed by atoms with Gasteiger partial charge in [0.25, 0.3) is 0 Å². The Bertz CT molecular complexity index is 1750. The molecule has 2 aliphatic rings. The van der Waals surface area contributed by atoms with Gasteiger partial charge in [0.15, 0.2) is 0 Å². The van der Waals surface area contributed by atoms with E-state index in [-0.39, 0.29) is 11.9 Å². The fourth-order valence-electron chi connectivity index (χ4n) is 7.68. The van der Waals surface area contributed by atoms with Gasteiger partial charge in [0, 0.05) is 52.5 Å². The summed E-state index contributed by atoms with van der Waals surface area (Å²) in [5.41, 5.74) is 8.97. The second-order valence-corrected chi connectivity index (χ2v) is 14.3. The van der Waals surface area contributed by atoms with Crippen LogP contribution in [0.15, 0.2) is 78.4 Å². The van der Waals surface area contributed by atoms with Crippen molar-refractivity contribution in [2.24, 2.45) is 0 Å². The second-order valence-electron chi connectivity index (χ2n) is 13.4. The number of fused-ring (bicyclic) bond motifs is 3. The van der Waals surface area contributed by atoms with Gasteiger partial charge in [0.1, 0.15) is 0 Å². The minimum atomic E-state index is -0.586. The summed E-state index contributed by atoms with van der Waals surface area (Å²) in [6.07, 6.45) is 9.27. The van der Waals surface area contributed by atoms with Gasteiger partial charge in [-0.15, -0.1) is 11.3 Å². The third kappa shape index (κ3) is 5.28. The molecular weight excluding hydrogens is 561 g/mol. The van der Waals surface area contributed by atoms with Crippen molar-refractivity contribution >= 4 is 28.1 Å². The van der Waals surface area contributed by atoms with E-state index in [0.29, 0.717) is 12.1 Å². The predicted octanol–water partition coefficient (Wildman–Crippen LogP) is 8.26. The first-order chi connectivity index (χ1) is 21.3. The number of nitrogens with zero attached hydrogens (tertiary/aromatic N) is 2. The summed E-state index contributed by atoms with van der Waals surface area (Å²) in [5, 5.41) is 7.20. The Hall–Kier alpha value is -3.74. The molecule has 6 heteroatoms. The van der Waals surface area contributed by atoms with Gasteiger partial charge < -0.3 is 15.2 Å². The van der Waals surface area contributed by atoms with Crippen molar-refractivity contribution in [3.05, 3.63) is 111 Å². The number of rotatable bonds is 9. The summed E-state index contributed by atoms with van der Waals surface area (Å²) in [6.45, 7) is 9.36. The maximum Gasteiger partial charge on any atom is 0.233 e. The molecule has 5 heterocycles. The van der Waals surface area contributed by atoms with Crippen molar-refractivity contribution in [3.63, 3.8) is 0 Å². The third-order valence-electron chi connectivity index (χ3n) is 9.93. The average Bonchev–Trinajstić information content (AvgIpc) is 3.83. The lowest BCUT2D eigenvalue weighted by molar-refractivity contribution is -0.137. The molecule has 226 valence electrons. The van der Waals surface area contributed by atoms with Crippen LogP contribution in [-0.2, 0) is 16.6 Å². The number of carbonyl (C=O) groups excluding carboxylic acids is 1. The zero-order chi connectivity index (χ0) is 30.4. The Morgan fingerprint density at radius 1 is 1.02 bits per heavy atom. The Morgan fingerprint density at radius 3 is 2.43 bits per heavy atom. The van der Waals surface area contributed by atoms with Gasteiger partial charge in [-0.05, 0) is 124 Å². The second kappa shape index (κ2) is 11.6. The van der Waals surface area contributed by atoms with Crippen LogP contribution in [0.5, 0.6) is 0 Å². The number of hydrogen-bond donors (Lipinski definition) is 2. The molecule has 1 unspecified atom stereocenters. The highest BCUT2D eigenvalue weighted by atomic mass is 32.1. The number of aromatic amines is 1. The zero-order valence-corrected chi connectivity index (χ0v) is 27.0. The van der Waals surface area contributed by atoms with E-state index in [9.17, 15) is 4.79 Å². The standard InChI is InChI=1S/C38H42N4OS/c1-24-19-25(2)21-27(20-24)35-31(15-17-40-36(34-8-6-18-44-34)26-7-5-16-39-23-26)32-22-28(9-14-33(32)41-35)38(3,4)37(43)42-29-10-11-30(42)13-12-29/h5-9,14,16,18-23,29-30,36,40-41H,10-13,15,17H2,1-4H3. The fourth-order valence-corrected chi connectivity index (χ4v) is 8.51. The van der Waals surface area contributed by atoms with Gasteiger partial charge in [-0.3, -0.25) is 9.78 Å². The number of H-pyrrole nitrogens is 1. The van der Waals surface area contributed by atoms with Crippen LogP contribution in [0, 0.1) is 13.8 Å². The molecule has 3 aromatic heterocycles. The Kier molecular flexibility index (Phi) is 7.67. The van der Waals surface area contributed by atoms with Crippen LogP contribution in [0.3, 0.4) is 0 Å². The first-order valence-electron chi connectivity index (χ1n) is 16.0. The molecule has 0 spiro atoms. The largest absolute Gasteiger partial charge is 0.354 e. The molecule has 2 N–H and O–H groups in total. The first-order valence-corrected chi connectivity index (χ1v) is 16.9. The lowest BCUT2D eigenvalue weighted by Gasteiger charge is -2.33. The summed E-state index contributed by atoms with van der Waals surface area (Å²) in [6, 6.07) is 22.8. The van der Waals surface area contributed by atoms with E-state index in [2.05, 4.69) is 108 Å². The molecule has 5 aromatic rings. The van der Waals surface area contributed by atoms with Crippen molar-refractivity contribution in [3.8, 4) is 11.3 Å². The van der Waals surface area contributed by atoms with Crippen molar-refractivity contribution in [1.82, 2.24) is 20.2 Å². The molecular formula is C38H42N4OS. The summed E-state index contributed by atoms with van der Waals surface area (Å²) in [7, 11) is 0. The molecule has 0 saturated carbocycles. The van der Waals surface area contributed by atoms with E-state index >= 15 is 0 Å². The number of hydrogen-bond acceptors (Lipinski definition) is 4. The van der Waals surface area contributed by atoms with Crippen LogP contribution in [0.1, 0.15) is 78.3 Å². The van der Waals surface area contributed by atoms with Gasteiger partial charge >= 0.3 is 0 Å². The van der Waals surface area contributed by atoms with Crippen LogP contribution in [-0.4, -0.2) is 39.4 Å². The Balaban J connectivity index is 1.25. The molecule has 2 bridgehead atoms. The van der Waals surface area contributed by atoms with Gasteiger partial charge in [-0.25, -0.2) is 0 Å². The summed E-state index contributed by atoms with van der Waals surface area (Å²) < 4.78 is 0. The van der Waals surface area contributed by atoms with Crippen LogP contribution in [0.2, 0.25) is 0 Å². The maximum atomic E-state index is 14.0. The molecule has 2 aliphatic heterocycles. The lowest BCUT2D eigenvalue weighted by atomic mass is 9.82. The van der Waals surface area contributed by atoms with E-state index in [0.717, 1.165) is 49.7 Å². The first kappa shape index (κ1) is 29.0. The highest BCUT2D eigenvalue weighted by Gasteiger charge is 2.47. The van der Waals surface area contributed by atoms with E-state index in [4.69, 9.17) is 0 Å². The van der Waals surface area contributed by atoms with E-state index in [1.165, 1.54) is 43.8 Å². The number of thiophene rings is 1. The SMILES string of the molecule is Cc1cc(C)cc(-c2[nH]c3ccc(C(C)(C)C(=O)N4C5CCC4CC5)cc3c2CCNC(c2cccnc2)c2cccs2)c1. The molecule has 1 amide bonds. The summed E-state index contributed by atoms with van der Waals surface area (Å²) >= 11 is 1.77. The molecule has 44 heavy (non-hydrogen) atoms. The van der Waals surface area contributed by atoms with Gasteiger partial charge in [0.2, 0.25) is 5.91 Å². The monoisotopic (exact) mass is 602 g/mol. The molecule has 0 aliphatic carbocycles. The predicted molar refractivity (Wildman–Crippen MR) is 181 cm³/mol. The van der Waals surface area contributed by atoms with Crippen LogP contribution in [0.4, 0.5) is 0 Å².